The van der Waals surface area contributed by atoms with Gasteiger partial charge < -0.3 is 0 Å². The van der Waals surface area contributed by atoms with Crippen molar-refractivity contribution < 1.29 is 18.0 Å². The number of Topliss-reactive ketones (excluding diaryl/α,β-unsaturated/α-hetero) is 1. The molecule has 0 fully saturated rings. The van der Waals surface area contributed by atoms with Crippen molar-refractivity contribution in [3.8, 4) is 11.3 Å². The smallest absolute Gasteiger partial charge is 0.271 e. The van der Waals surface area contributed by atoms with Gasteiger partial charge in [-0.05, 0) is 12.1 Å². The van der Waals surface area contributed by atoms with Crippen LogP contribution in [0.4, 0.5) is 13.2 Å². The molecule has 1 heterocycles. The van der Waals surface area contributed by atoms with Gasteiger partial charge in [-0.1, -0.05) is 17.7 Å². The maximum Gasteiger partial charge on any atom is 0.271 e. The Morgan fingerprint density at radius 3 is 2.52 bits per heavy atom. The number of alkyl halides is 2. The number of carbonyl (C=O) groups excluding carboxylic acids is 1. The fraction of sp³-hybridized carbons (Fsp3) is 0.214. The zero-order valence-corrected chi connectivity index (χ0v) is 11.9. The Morgan fingerprint density at radius 2 is 1.95 bits per heavy atom. The molecule has 0 aliphatic carbocycles. The minimum absolute atomic E-state index is 0.00439. The number of aromatic nitrogens is 2. The highest BCUT2D eigenvalue weighted by Gasteiger charge is 2.31. The number of hydrogen-bond donors (Lipinski definition) is 0. The SMILES string of the molecule is CC(=O)c1cc(-c2c(C(C)(F)F)ccc(Cl)c2F)ncn1. The van der Waals surface area contributed by atoms with E-state index in [-0.39, 0.29) is 22.2 Å². The average Bonchev–Trinajstić information content (AvgIpc) is 2.40. The summed E-state index contributed by atoms with van der Waals surface area (Å²) in [5.41, 5.74) is -1.10. The van der Waals surface area contributed by atoms with Crippen LogP contribution in [0.5, 0.6) is 0 Å². The van der Waals surface area contributed by atoms with Crippen LogP contribution < -0.4 is 0 Å². The van der Waals surface area contributed by atoms with E-state index in [1.165, 1.54) is 6.92 Å². The zero-order valence-electron chi connectivity index (χ0n) is 11.1. The Bertz CT molecular complexity index is 714. The van der Waals surface area contributed by atoms with E-state index in [0.717, 1.165) is 24.5 Å². The van der Waals surface area contributed by atoms with E-state index in [0.29, 0.717) is 6.92 Å². The van der Waals surface area contributed by atoms with Gasteiger partial charge in [-0.15, -0.1) is 0 Å². The Hall–Kier alpha value is -1.95. The summed E-state index contributed by atoms with van der Waals surface area (Å²) in [5.74, 6) is -4.68. The number of ketones is 1. The van der Waals surface area contributed by atoms with Crippen molar-refractivity contribution in [1.82, 2.24) is 9.97 Å². The fourth-order valence-corrected chi connectivity index (χ4v) is 2.01. The molecule has 0 saturated carbocycles. The van der Waals surface area contributed by atoms with Crippen LogP contribution in [0.2, 0.25) is 5.02 Å². The third-order valence-electron chi connectivity index (χ3n) is 2.85. The maximum absolute atomic E-state index is 14.2. The van der Waals surface area contributed by atoms with E-state index < -0.39 is 22.9 Å². The summed E-state index contributed by atoms with van der Waals surface area (Å²) < 4.78 is 41.5. The molecule has 0 spiro atoms. The summed E-state index contributed by atoms with van der Waals surface area (Å²) in [6.07, 6.45) is 1.02. The summed E-state index contributed by atoms with van der Waals surface area (Å²) in [6.45, 7) is 1.90. The number of halogens is 4. The van der Waals surface area contributed by atoms with Crippen molar-refractivity contribution in [2.24, 2.45) is 0 Å². The molecule has 110 valence electrons. The number of rotatable bonds is 3. The number of carbonyl (C=O) groups is 1. The quantitative estimate of drug-likeness (QED) is 0.795. The van der Waals surface area contributed by atoms with E-state index in [4.69, 9.17) is 11.6 Å². The largest absolute Gasteiger partial charge is 0.293 e. The summed E-state index contributed by atoms with van der Waals surface area (Å²) in [6, 6.07) is 3.25. The fourth-order valence-electron chi connectivity index (χ4n) is 1.85. The zero-order chi connectivity index (χ0) is 15.8. The van der Waals surface area contributed by atoms with Crippen LogP contribution >= 0.6 is 11.6 Å². The van der Waals surface area contributed by atoms with Gasteiger partial charge in [0, 0.05) is 25.0 Å². The molecule has 21 heavy (non-hydrogen) atoms. The lowest BCUT2D eigenvalue weighted by Crippen LogP contribution is -2.11. The predicted molar refractivity (Wildman–Crippen MR) is 72.0 cm³/mol. The average molecular weight is 315 g/mol. The summed E-state index contributed by atoms with van der Waals surface area (Å²) >= 11 is 5.66. The minimum Gasteiger partial charge on any atom is -0.293 e. The third-order valence-corrected chi connectivity index (χ3v) is 3.14. The summed E-state index contributed by atoms with van der Waals surface area (Å²) in [4.78, 5) is 18.8. The Morgan fingerprint density at radius 1 is 1.29 bits per heavy atom. The maximum atomic E-state index is 14.2. The van der Waals surface area contributed by atoms with Gasteiger partial charge in [0.1, 0.15) is 12.0 Å². The van der Waals surface area contributed by atoms with Crippen LogP contribution in [0.25, 0.3) is 11.3 Å². The molecule has 0 saturated heterocycles. The van der Waals surface area contributed by atoms with Crippen molar-refractivity contribution in [3.05, 3.63) is 46.6 Å². The molecule has 1 aromatic heterocycles. The van der Waals surface area contributed by atoms with Gasteiger partial charge in [-0.3, -0.25) is 4.79 Å². The molecule has 0 atom stereocenters. The lowest BCUT2D eigenvalue weighted by Gasteiger charge is -2.17. The van der Waals surface area contributed by atoms with Gasteiger partial charge in [0.15, 0.2) is 11.6 Å². The molecular weight excluding hydrogens is 305 g/mol. The summed E-state index contributed by atoms with van der Waals surface area (Å²) in [7, 11) is 0. The molecule has 2 aromatic rings. The lowest BCUT2D eigenvalue weighted by atomic mass is 9.98. The first-order valence-electron chi connectivity index (χ1n) is 5.91. The normalized spacial score (nSPS) is 11.5. The molecule has 0 amide bonds. The van der Waals surface area contributed by atoms with Gasteiger partial charge in [0.05, 0.1) is 10.7 Å². The molecule has 3 nitrogen and oxygen atoms in total. The van der Waals surface area contributed by atoms with Crippen molar-refractivity contribution in [2.45, 2.75) is 19.8 Å². The van der Waals surface area contributed by atoms with Crippen LogP contribution in [-0.4, -0.2) is 15.8 Å². The Balaban J connectivity index is 2.76. The molecule has 0 unspecified atom stereocenters. The van der Waals surface area contributed by atoms with Crippen LogP contribution in [0, 0.1) is 5.82 Å². The van der Waals surface area contributed by atoms with Crippen molar-refractivity contribution in [1.29, 1.82) is 0 Å². The van der Waals surface area contributed by atoms with Gasteiger partial charge >= 0.3 is 0 Å². The van der Waals surface area contributed by atoms with E-state index in [9.17, 15) is 18.0 Å². The molecule has 2 rings (SSSR count). The monoisotopic (exact) mass is 314 g/mol. The van der Waals surface area contributed by atoms with E-state index in [1.807, 2.05) is 0 Å². The molecular formula is C14H10ClF3N2O. The second-order valence-corrected chi connectivity index (χ2v) is 4.92. The first-order chi connectivity index (χ1) is 9.71. The van der Waals surface area contributed by atoms with Gasteiger partial charge in [-0.2, -0.15) is 0 Å². The van der Waals surface area contributed by atoms with Crippen LogP contribution in [0.3, 0.4) is 0 Å². The molecule has 0 radical (unpaired) electrons. The van der Waals surface area contributed by atoms with E-state index >= 15 is 0 Å². The molecule has 0 aliphatic heterocycles. The Kier molecular flexibility index (Phi) is 4.00. The molecule has 0 bridgehead atoms. The molecule has 0 N–H and O–H groups in total. The van der Waals surface area contributed by atoms with E-state index in [2.05, 4.69) is 9.97 Å². The van der Waals surface area contributed by atoms with Gasteiger partial charge in [0.25, 0.3) is 5.92 Å². The van der Waals surface area contributed by atoms with E-state index in [1.54, 1.807) is 0 Å². The number of hydrogen-bond acceptors (Lipinski definition) is 3. The number of nitrogens with zero attached hydrogens (tertiary/aromatic N) is 2. The number of benzene rings is 1. The van der Waals surface area contributed by atoms with Crippen LogP contribution in [-0.2, 0) is 5.92 Å². The summed E-state index contributed by atoms with van der Waals surface area (Å²) in [5, 5.41) is -0.305. The first-order valence-corrected chi connectivity index (χ1v) is 6.29. The molecule has 7 heteroatoms. The second-order valence-electron chi connectivity index (χ2n) is 4.52. The lowest BCUT2D eigenvalue weighted by molar-refractivity contribution is 0.0178. The van der Waals surface area contributed by atoms with Crippen molar-refractivity contribution in [3.63, 3.8) is 0 Å². The standard InChI is InChI=1S/C14H10ClF3N2O/c1-7(21)10-5-11(20-6-19-10)12-8(14(2,17)18)3-4-9(15)13(12)16/h3-6H,1-2H3. The second kappa shape index (κ2) is 5.44. The third kappa shape index (κ3) is 3.05. The first kappa shape index (κ1) is 15.4. The van der Waals surface area contributed by atoms with Crippen molar-refractivity contribution in [2.75, 3.05) is 0 Å². The van der Waals surface area contributed by atoms with Crippen molar-refractivity contribution >= 4 is 17.4 Å². The highest BCUT2D eigenvalue weighted by molar-refractivity contribution is 6.31. The minimum atomic E-state index is -3.29. The van der Waals surface area contributed by atoms with Gasteiger partial charge in [0.2, 0.25) is 0 Å². The Labute approximate surface area is 123 Å². The van der Waals surface area contributed by atoms with Crippen LogP contribution in [0.1, 0.15) is 29.9 Å². The predicted octanol–water partition coefficient (Wildman–Crippen LogP) is 4.25. The van der Waals surface area contributed by atoms with Crippen LogP contribution in [0.15, 0.2) is 24.5 Å². The molecule has 0 aliphatic rings. The molecule has 1 aromatic carbocycles. The highest BCUT2D eigenvalue weighted by atomic mass is 35.5. The highest BCUT2D eigenvalue weighted by Crippen LogP contribution is 2.38. The topological polar surface area (TPSA) is 42.9 Å². The van der Waals surface area contributed by atoms with Gasteiger partial charge in [-0.25, -0.2) is 23.1 Å².